The first-order valence-electron chi connectivity index (χ1n) is 16.5. The van der Waals surface area contributed by atoms with Crippen LogP contribution in [0.2, 0.25) is 0 Å². The monoisotopic (exact) mass is 954 g/mol. The Balaban J connectivity index is 0.000000302. The molecule has 0 saturated heterocycles. The van der Waals surface area contributed by atoms with E-state index < -0.39 is 144 Å². The molecule has 330 valence electrons. The van der Waals surface area contributed by atoms with Crippen molar-refractivity contribution in [2.24, 2.45) is 0 Å². The van der Waals surface area contributed by atoms with Crippen molar-refractivity contribution in [1.29, 1.82) is 0 Å². The highest BCUT2D eigenvalue weighted by Crippen LogP contribution is 2.47. The molecular formula is C38H11BF20O2S2. The number of phenolic OH excluding ortho intramolecular Hbond substituents is 1. The topological polar surface area (TPSA) is 37.3 Å². The van der Waals surface area contributed by atoms with E-state index in [2.05, 4.69) is 12.6 Å². The first-order chi connectivity index (χ1) is 29.4. The Kier molecular flexibility index (Phi) is 12.4. The van der Waals surface area contributed by atoms with Crippen LogP contribution in [0.3, 0.4) is 0 Å². The maximum absolute atomic E-state index is 15.4. The molecule has 0 aliphatic carbocycles. The Morgan fingerprint density at radius 1 is 0.413 bits per heavy atom. The van der Waals surface area contributed by atoms with Gasteiger partial charge in [0.1, 0.15) is 64.4 Å². The van der Waals surface area contributed by atoms with Crippen molar-refractivity contribution >= 4 is 57.5 Å². The number of carbonyl (C=O) groups excluding carboxylic acids is 1. The predicted molar refractivity (Wildman–Crippen MR) is 185 cm³/mol. The summed E-state index contributed by atoms with van der Waals surface area (Å²) < 4.78 is 294. The summed E-state index contributed by atoms with van der Waals surface area (Å²) in [5.41, 5.74) is -12.4. The average Bonchev–Trinajstić information content (AvgIpc) is 3.25. The summed E-state index contributed by atoms with van der Waals surface area (Å²) in [6, 6.07) is 13.0. The van der Waals surface area contributed by atoms with E-state index >= 15 is 35.1 Å². The van der Waals surface area contributed by atoms with Crippen LogP contribution in [0.5, 0.6) is 5.75 Å². The molecule has 0 bridgehead atoms. The van der Waals surface area contributed by atoms with Gasteiger partial charge in [0.25, 0.3) is 0 Å². The molecule has 1 aliphatic heterocycles. The van der Waals surface area contributed by atoms with Gasteiger partial charge in [0, 0.05) is 22.4 Å². The fourth-order valence-electron chi connectivity index (χ4n) is 7.10. The second kappa shape index (κ2) is 16.7. The van der Waals surface area contributed by atoms with E-state index in [-0.39, 0.29) is 16.8 Å². The van der Waals surface area contributed by atoms with Crippen LogP contribution in [0.1, 0.15) is 17.0 Å². The average molecular weight is 954 g/mol. The molecule has 63 heavy (non-hydrogen) atoms. The molecule has 1 aliphatic rings. The third kappa shape index (κ3) is 6.93. The number of hydrogen-bond donors (Lipinski definition) is 1. The van der Waals surface area contributed by atoms with E-state index in [9.17, 15) is 62.6 Å². The van der Waals surface area contributed by atoms with Gasteiger partial charge in [-0.2, -0.15) is 0 Å². The molecule has 0 amide bonds. The van der Waals surface area contributed by atoms with Crippen molar-refractivity contribution in [3.05, 3.63) is 170 Å². The Bertz CT molecular complexity index is 2570. The molecule has 0 aromatic heterocycles. The van der Waals surface area contributed by atoms with E-state index in [1.165, 1.54) is 0 Å². The van der Waals surface area contributed by atoms with Gasteiger partial charge >= 0.3 is 5.12 Å². The molecular weight excluding hydrogens is 943 g/mol. The van der Waals surface area contributed by atoms with Crippen molar-refractivity contribution in [3.63, 3.8) is 0 Å². The minimum absolute atomic E-state index is 0.0605. The van der Waals surface area contributed by atoms with Crippen molar-refractivity contribution in [3.8, 4) is 5.75 Å². The van der Waals surface area contributed by atoms with Crippen LogP contribution in [-0.2, 0) is 17.4 Å². The lowest BCUT2D eigenvalue weighted by Gasteiger charge is -2.44. The van der Waals surface area contributed by atoms with Crippen molar-refractivity contribution in [2.75, 3.05) is 0 Å². The second-order valence-corrected chi connectivity index (χ2v) is 14.5. The standard InChI is InChI=1S/C24BF20.C14H10O2S2/c26-5-1(6(27)14(35)21(42)13(5)34)25(2-7(28)15(36)22(43)16(37)8(2)29,3-9(30)17(38)23(44)18(39)10(3)31)4-11(32)19(40)24(45)20(41)12(4)33;15-8-5-6-10-12(7-8)18-11-4-2-1-3-9(11)13(10)14(16)17/h;1-7,13,15H,(H,16,17)/q-1;/p+1. The van der Waals surface area contributed by atoms with Gasteiger partial charge in [0.15, 0.2) is 69.8 Å². The zero-order valence-electron chi connectivity index (χ0n) is 29.5. The second-order valence-electron chi connectivity index (χ2n) is 13.0. The summed E-state index contributed by atoms with van der Waals surface area (Å²) in [4.78, 5) is 13.8. The van der Waals surface area contributed by atoms with Crippen LogP contribution in [-0.4, -0.2) is 16.4 Å². The number of fused-ring (bicyclic) bond motifs is 2. The van der Waals surface area contributed by atoms with E-state index in [0.717, 1.165) is 20.9 Å². The Morgan fingerprint density at radius 2 is 0.683 bits per heavy atom. The molecule has 1 unspecified atom stereocenters. The lowest BCUT2D eigenvalue weighted by atomic mass is 9.12. The van der Waals surface area contributed by atoms with Gasteiger partial charge in [-0.1, -0.05) is 36.0 Å². The minimum Gasteiger partial charge on any atom is -0.508 e. The molecule has 6 aromatic carbocycles. The highest BCUT2D eigenvalue weighted by Gasteiger charge is 2.52. The third-order valence-electron chi connectivity index (χ3n) is 9.73. The van der Waals surface area contributed by atoms with Gasteiger partial charge in [0.2, 0.25) is 0 Å². The predicted octanol–water partition coefficient (Wildman–Crippen LogP) is 8.37. The molecule has 1 N–H and O–H groups in total. The number of benzene rings is 6. The summed E-state index contributed by atoms with van der Waals surface area (Å²) in [7, 11) is 0. The molecule has 7 rings (SSSR count). The highest BCUT2D eigenvalue weighted by atomic mass is 32.2. The number of carbonyl (C=O) groups is 1. The number of hydrogen-bond acceptors (Lipinski definition) is 3. The molecule has 1 atom stereocenters. The molecule has 6 aromatic rings. The molecule has 25 heteroatoms. The number of aromatic hydroxyl groups is 1. The van der Waals surface area contributed by atoms with Gasteiger partial charge < -0.3 is 5.11 Å². The largest absolute Gasteiger partial charge is 0.508 e. The van der Waals surface area contributed by atoms with Crippen LogP contribution < -0.4 is 21.9 Å². The highest BCUT2D eigenvalue weighted by molar-refractivity contribution is 7.99. The summed E-state index contributed by atoms with van der Waals surface area (Å²) in [5.74, 6) is -71.5. The van der Waals surface area contributed by atoms with E-state index in [0.29, 0.717) is 0 Å². The maximum atomic E-state index is 15.4. The SMILES string of the molecule is Fc1c(F)c(F)c([B-](c2c(F)c(F)c(F)c(F)c2F)(c2c(F)c(F)c(F)c(F)c2F)c2c(F)c(F)c(F)c(F)c2F)c(F)c1F.O=C([SH2+])C1c2ccccc2Sc2cc(O)ccc21. The van der Waals surface area contributed by atoms with Crippen molar-refractivity contribution in [1.82, 2.24) is 0 Å². The normalized spacial score (nSPS) is 13.4. The van der Waals surface area contributed by atoms with Crippen LogP contribution in [0.15, 0.2) is 52.3 Å². The molecule has 0 radical (unpaired) electrons. The summed E-state index contributed by atoms with van der Waals surface area (Å²) in [6.45, 7) is 0. The number of phenols is 1. The lowest BCUT2D eigenvalue weighted by Crippen LogP contribution is -2.81. The first-order valence-corrected chi connectivity index (χ1v) is 17.8. The van der Waals surface area contributed by atoms with Gasteiger partial charge in [-0.25, -0.2) is 92.6 Å². The number of halogens is 20. The summed E-state index contributed by atoms with van der Waals surface area (Å²) >= 11 is 4.72. The van der Waals surface area contributed by atoms with Crippen molar-refractivity contribution < 1.29 is 97.7 Å². The molecule has 2 nitrogen and oxygen atoms in total. The smallest absolute Gasteiger partial charge is 0.338 e. The molecule has 0 saturated carbocycles. The van der Waals surface area contributed by atoms with Crippen molar-refractivity contribution in [2.45, 2.75) is 15.7 Å². The quantitative estimate of drug-likeness (QED) is 0.0621. The third-order valence-corrected chi connectivity index (χ3v) is 11.2. The Labute approximate surface area is 346 Å². The van der Waals surface area contributed by atoms with E-state index in [1.54, 1.807) is 23.9 Å². The van der Waals surface area contributed by atoms with Crippen LogP contribution in [0, 0.1) is 116 Å². The fraction of sp³-hybridized carbons (Fsp3) is 0.0263. The molecule has 0 spiro atoms. The van der Waals surface area contributed by atoms with Crippen LogP contribution in [0.4, 0.5) is 87.8 Å². The fourth-order valence-corrected chi connectivity index (χ4v) is 8.59. The van der Waals surface area contributed by atoms with Gasteiger partial charge in [-0.3, -0.25) is 0 Å². The van der Waals surface area contributed by atoms with Gasteiger partial charge in [0.05, 0.1) is 0 Å². The summed E-state index contributed by atoms with van der Waals surface area (Å²) in [5, 5.41) is 9.49. The van der Waals surface area contributed by atoms with Gasteiger partial charge in [-0.15, -0.1) is 21.9 Å². The van der Waals surface area contributed by atoms with E-state index in [4.69, 9.17) is 0 Å². The first kappa shape index (κ1) is 46.7. The van der Waals surface area contributed by atoms with Gasteiger partial charge in [-0.05, 0) is 29.3 Å². The number of rotatable bonds is 5. The molecule has 0 fully saturated rings. The van der Waals surface area contributed by atoms with Crippen LogP contribution in [0.25, 0.3) is 0 Å². The lowest BCUT2D eigenvalue weighted by molar-refractivity contribution is -0.111. The van der Waals surface area contributed by atoms with Crippen LogP contribution >= 0.6 is 11.8 Å². The zero-order chi connectivity index (χ0) is 47.1. The zero-order valence-corrected chi connectivity index (χ0v) is 31.3. The summed E-state index contributed by atoms with van der Waals surface area (Å²) in [6.07, 6.45) is -7.22. The minimum atomic E-state index is -7.22. The maximum Gasteiger partial charge on any atom is 0.338 e. The Hall–Kier alpha value is -5.85. The molecule has 1 heterocycles. The Morgan fingerprint density at radius 3 is 0.984 bits per heavy atom. The van der Waals surface area contributed by atoms with E-state index in [1.807, 2.05) is 30.3 Å².